The number of rotatable bonds is 4. The third kappa shape index (κ3) is 2.35. The zero-order chi connectivity index (χ0) is 17.4. The normalized spacial score (nSPS) is 23.2. The lowest BCUT2D eigenvalue weighted by molar-refractivity contribution is -0.297. The largest absolute Gasteiger partial charge is 0.466 e. The van der Waals surface area contributed by atoms with Gasteiger partial charge in [-0.15, -0.1) is 0 Å². The van der Waals surface area contributed by atoms with Crippen LogP contribution in [0.3, 0.4) is 0 Å². The number of methoxy groups -OCH3 is 2. The molecule has 1 aromatic heterocycles. The van der Waals surface area contributed by atoms with Crippen molar-refractivity contribution in [2.24, 2.45) is 0 Å². The Kier molecular flexibility index (Phi) is 3.82. The summed E-state index contributed by atoms with van der Waals surface area (Å²) in [6.07, 6.45) is 2.99. The molecule has 0 aliphatic carbocycles. The first kappa shape index (κ1) is 15.9. The molecule has 0 saturated carbocycles. The summed E-state index contributed by atoms with van der Waals surface area (Å²) < 4.78 is 18.3. The van der Waals surface area contributed by atoms with E-state index in [1.807, 2.05) is 24.3 Å². The summed E-state index contributed by atoms with van der Waals surface area (Å²) >= 11 is 0. The second kappa shape index (κ2) is 6.02. The van der Waals surface area contributed by atoms with Crippen LogP contribution in [0, 0.1) is 0 Å². The van der Waals surface area contributed by atoms with Crippen molar-refractivity contribution in [1.29, 1.82) is 0 Å². The number of hydrogen-bond donors (Lipinski definition) is 0. The second-order valence-electron chi connectivity index (χ2n) is 6.01. The van der Waals surface area contributed by atoms with Gasteiger partial charge in [0.2, 0.25) is 5.79 Å². The third-order valence-electron chi connectivity index (χ3n) is 4.83. The quantitative estimate of drug-likeness (QED) is 0.540. The first-order valence-corrected chi connectivity index (χ1v) is 8.14. The fourth-order valence-electron chi connectivity index (χ4n) is 3.54. The number of ether oxygens (including phenoxy) is 3. The van der Waals surface area contributed by atoms with Gasteiger partial charge in [0, 0.05) is 35.0 Å². The third-order valence-corrected chi connectivity index (χ3v) is 4.83. The Morgan fingerprint density at radius 2 is 1.72 bits per heavy atom. The molecule has 2 unspecified atom stereocenters. The summed E-state index contributed by atoms with van der Waals surface area (Å²) in [5.41, 5.74) is 2.23. The number of carbonyl (C=O) groups is 1. The van der Waals surface area contributed by atoms with Crippen molar-refractivity contribution in [3.05, 3.63) is 60.7 Å². The Morgan fingerprint density at radius 3 is 2.20 bits per heavy atom. The second-order valence-corrected chi connectivity index (χ2v) is 6.01. The molecule has 0 N–H and O–H groups in total. The van der Waals surface area contributed by atoms with Crippen LogP contribution >= 0.6 is 0 Å². The molecule has 5 heteroatoms. The molecule has 128 valence electrons. The molecule has 0 bridgehead atoms. The highest BCUT2D eigenvalue weighted by Crippen LogP contribution is 2.44. The number of esters is 1. The predicted octanol–water partition coefficient (Wildman–Crippen LogP) is 3.44. The average Bonchev–Trinajstić information content (AvgIpc) is 2.96. The summed E-state index contributed by atoms with van der Waals surface area (Å²) in [4.78, 5) is 11.5. The summed E-state index contributed by atoms with van der Waals surface area (Å²) in [6.45, 7) is 0.502. The van der Waals surface area contributed by atoms with Gasteiger partial charge in [-0.2, -0.15) is 0 Å². The molecule has 1 fully saturated rings. The zero-order valence-corrected chi connectivity index (χ0v) is 14.1. The van der Waals surface area contributed by atoms with Crippen LogP contribution in [0.2, 0.25) is 0 Å². The summed E-state index contributed by atoms with van der Waals surface area (Å²) in [5, 5.41) is 2.37. The van der Waals surface area contributed by atoms with Gasteiger partial charge in [-0.3, -0.25) is 0 Å². The maximum Gasteiger partial charge on any atom is 0.330 e. The number of carbonyl (C=O) groups excluding carboxylic acids is 1. The van der Waals surface area contributed by atoms with Crippen molar-refractivity contribution in [1.82, 2.24) is 4.57 Å². The number of benzene rings is 2. The van der Waals surface area contributed by atoms with Gasteiger partial charge in [0.15, 0.2) is 0 Å². The van der Waals surface area contributed by atoms with Gasteiger partial charge in [-0.05, 0) is 18.2 Å². The van der Waals surface area contributed by atoms with Crippen LogP contribution in [0.15, 0.2) is 60.7 Å². The Hall–Kier alpha value is -2.63. The van der Waals surface area contributed by atoms with Crippen LogP contribution in [0.5, 0.6) is 0 Å². The summed E-state index contributed by atoms with van der Waals surface area (Å²) in [7, 11) is 2.93. The van der Waals surface area contributed by atoms with Crippen LogP contribution in [-0.2, 0) is 19.0 Å². The smallest absolute Gasteiger partial charge is 0.330 e. The van der Waals surface area contributed by atoms with Gasteiger partial charge in [0.1, 0.15) is 6.04 Å². The van der Waals surface area contributed by atoms with E-state index in [9.17, 15) is 4.79 Å². The minimum Gasteiger partial charge on any atom is -0.466 e. The lowest BCUT2D eigenvalue weighted by atomic mass is 10.0. The predicted molar refractivity (Wildman–Crippen MR) is 95.3 cm³/mol. The van der Waals surface area contributed by atoms with Gasteiger partial charge in [0.05, 0.1) is 13.7 Å². The Balaban J connectivity index is 1.88. The molecule has 2 aromatic carbocycles. The molecule has 5 nitrogen and oxygen atoms in total. The number of fused-ring (bicyclic) bond motifs is 3. The standard InChI is InChI=1S/C20H19NO4/c1-23-19(22)11-12-20(24-2)18(13-25-20)21-16-9-5-3-7-14(16)15-8-4-6-10-17(15)21/h3-12,18H,13H2,1-2H3/b12-11+. The van der Waals surface area contributed by atoms with Gasteiger partial charge in [-0.25, -0.2) is 4.79 Å². The van der Waals surface area contributed by atoms with E-state index in [2.05, 4.69) is 33.6 Å². The Morgan fingerprint density at radius 1 is 1.12 bits per heavy atom. The van der Waals surface area contributed by atoms with E-state index in [1.54, 1.807) is 13.2 Å². The van der Waals surface area contributed by atoms with E-state index in [0.29, 0.717) is 6.61 Å². The van der Waals surface area contributed by atoms with Gasteiger partial charge in [0.25, 0.3) is 0 Å². The number of para-hydroxylation sites is 2. The molecule has 1 aliphatic heterocycles. The molecule has 2 atom stereocenters. The fourth-order valence-corrected chi connectivity index (χ4v) is 3.54. The molecule has 2 heterocycles. The van der Waals surface area contributed by atoms with Gasteiger partial charge < -0.3 is 18.8 Å². The Labute approximate surface area is 145 Å². The van der Waals surface area contributed by atoms with Crippen molar-refractivity contribution in [3.63, 3.8) is 0 Å². The number of hydrogen-bond acceptors (Lipinski definition) is 4. The van der Waals surface area contributed by atoms with Crippen molar-refractivity contribution in [2.45, 2.75) is 11.8 Å². The Bertz CT molecular complexity index is 917. The van der Waals surface area contributed by atoms with Crippen molar-refractivity contribution in [2.75, 3.05) is 20.8 Å². The lowest BCUT2D eigenvalue weighted by Crippen LogP contribution is -2.54. The first-order chi connectivity index (χ1) is 12.2. The van der Waals surface area contributed by atoms with Crippen LogP contribution in [0.25, 0.3) is 21.8 Å². The summed E-state index contributed by atoms with van der Waals surface area (Å²) in [6, 6.07) is 16.5. The highest BCUT2D eigenvalue weighted by molar-refractivity contribution is 6.08. The molecule has 4 rings (SSSR count). The monoisotopic (exact) mass is 337 g/mol. The summed E-state index contributed by atoms with van der Waals surface area (Å²) in [5.74, 6) is -1.42. The van der Waals surface area contributed by atoms with E-state index in [-0.39, 0.29) is 6.04 Å². The highest BCUT2D eigenvalue weighted by Gasteiger charge is 2.49. The maximum absolute atomic E-state index is 11.5. The number of aromatic nitrogens is 1. The molecule has 25 heavy (non-hydrogen) atoms. The molecule has 1 aliphatic rings. The topological polar surface area (TPSA) is 49.7 Å². The van der Waals surface area contributed by atoms with Gasteiger partial charge in [-0.1, -0.05) is 36.4 Å². The molecule has 1 saturated heterocycles. The fraction of sp³-hybridized carbons (Fsp3) is 0.250. The molecular weight excluding hydrogens is 318 g/mol. The van der Waals surface area contributed by atoms with Crippen molar-refractivity contribution < 1.29 is 19.0 Å². The first-order valence-electron chi connectivity index (χ1n) is 8.14. The molecule has 0 spiro atoms. The zero-order valence-electron chi connectivity index (χ0n) is 14.1. The van der Waals surface area contributed by atoms with Gasteiger partial charge >= 0.3 is 5.97 Å². The average molecular weight is 337 g/mol. The van der Waals surface area contributed by atoms with E-state index < -0.39 is 11.8 Å². The van der Waals surface area contributed by atoms with Crippen LogP contribution in [0.4, 0.5) is 0 Å². The maximum atomic E-state index is 11.5. The molecule has 0 radical (unpaired) electrons. The van der Waals surface area contributed by atoms with Crippen LogP contribution < -0.4 is 0 Å². The van der Waals surface area contributed by atoms with Crippen LogP contribution in [0.1, 0.15) is 6.04 Å². The molecule has 3 aromatic rings. The van der Waals surface area contributed by atoms with Crippen molar-refractivity contribution in [3.8, 4) is 0 Å². The number of nitrogens with zero attached hydrogens (tertiary/aromatic N) is 1. The van der Waals surface area contributed by atoms with E-state index in [0.717, 1.165) is 11.0 Å². The van der Waals surface area contributed by atoms with E-state index >= 15 is 0 Å². The molecule has 0 amide bonds. The van der Waals surface area contributed by atoms with E-state index in [4.69, 9.17) is 9.47 Å². The minimum atomic E-state index is -0.987. The van der Waals surface area contributed by atoms with E-state index in [1.165, 1.54) is 24.0 Å². The highest BCUT2D eigenvalue weighted by atomic mass is 16.7. The SMILES string of the molecule is COC(=O)/C=C/C1(OC)OCC1n1c2ccccc2c2ccccc21. The lowest BCUT2D eigenvalue weighted by Gasteiger charge is -2.47. The molecular formula is C20H19NO4. The van der Waals surface area contributed by atoms with Crippen LogP contribution in [-0.4, -0.2) is 37.1 Å². The minimum absolute atomic E-state index is 0.0804. The van der Waals surface area contributed by atoms with Crippen molar-refractivity contribution >= 4 is 27.8 Å².